The molecule has 0 saturated heterocycles. The average Bonchev–Trinajstić information content (AvgIpc) is 2.36. The molecule has 106 valence electrons. The van der Waals surface area contributed by atoms with Crippen molar-refractivity contribution in [3.05, 3.63) is 39.7 Å². The molecule has 0 aliphatic rings. The lowest BCUT2D eigenvalue weighted by Gasteiger charge is -2.13. The molecule has 1 rings (SSSR count). The van der Waals surface area contributed by atoms with Gasteiger partial charge < -0.3 is 5.32 Å². The van der Waals surface area contributed by atoms with E-state index < -0.39 is 10.7 Å². The standard InChI is InChI=1S/C13H19FN2O2S/c1-3-19-5-4-10(2)15-9-11-6-12(14)8-13(7-11)16(17)18/h6-8,10,15H,3-5,9H2,1-2H3. The van der Waals surface area contributed by atoms with Gasteiger partial charge in [0.1, 0.15) is 5.82 Å². The molecule has 1 aromatic rings. The summed E-state index contributed by atoms with van der Waals surface area (Å²) in [6, 6.07) is 3.98. The maximum Gasteiger partial charge on any atom is 0.272 e. The molecule has 0 spiro atoms. The van der Waals surface area contributed by atoms with E-state index in [9.17, 15) is 14.5 Å². The highest BCUT2D eigenvalue weighted by Gasteiger charge is 2.10. The molecule has 6 heteroatoms. The van der Waals surface area contributed by atoms with Crippen LogP contribution in [0.25, 0.3) is 0 Å². The zero-order valence-corrected chi connectivity index (χ0v) is 12.0. The van der Waals surface area contributed by atoms with Crippen LogP contribution < -0.4 is 5.32 Å². The summed E-state index contributed by atoms with van der Waals surface area (Å²) in [6.07, 6.45) is 1.02. The van der Waals surface area contributed by atoms with Crippen LogP contribution in [0.3, 0.4) is 0 Å². The number of thioether (sulfide) groups is 1. The molecule has 0 aliphatic carbocycles. The van der Waals surface area contributed by atoms with Gasteiger partial charge in [-0.15, -0.1) is 0 Å². The first kappa shape index (κ1) is 15.9. The molecule has 4 nitrogen and oxygen atoms in total. The molecule has 0 bridgehead atoms. The minimum absolute atomic E-state index is 0.203. The topological polar surface area (TPSA) is 55.2 Å². The largest absolute Gasteiger partial charge is 0.310 e. The number of nitrogens with zero attached hydrogens (tertiary/aromatic N) is 1. The lowest BCUT2D eigenvalue weighted by molar-refractivity contribution is -0.385. The molecule has 19 heavy (non-hydrogen) atoms. The first-order chi connectivity index (χ1) is 9.02. The predicted octanol–water partition coefficient (Wildman–Crippen LogP) is 3.36. The molecule has 0 amide bonds. The van der Waals surface area contributed by atoms with Gasteiger partial charge in [-0.3, -0.25) is 10.1 Å². The van der Waals surface area contributed by atoms with Crippen molar-refractivity contribution in [2.75, 3.05) is 11.5 Å². The van der Waals surface area contributed by atoms with Crippen molar-refractivity contribution >= 4 is 17.4 Å². The normalized spacial score (nSPS) is 12.4. The lowest BCUT2D eigenvalue weighted by atomic mass is 10.1. The van der Waals surface area contributed by atoms with Crippen LogP contribution in [0.5, 0.6) is 0 Å². The average molecular weight is 286 g/mol. The Kier molecular flexibility index (Phi) is 6.80. The summed E-state index contributed by atoms with van der Waals surface area (Å²) >= 11 is 1.88. The molecule has 1 unspecified atom stereocenters. The summed E-state index contributed by atoms with van der Waals surface area (Å²) in [5.74, 6) is 1.61. The third-order valence-corrected chi connectivity index (χ3v) is 3.64. The van der Waals surface area contributed by atoms with Crippen molar-refractivity contribution in [3.8, 4) is 0 Å². The molecule has 0 heterocycles. The van der Waals surface area contributed by atoms with Crippen LogP contribution in [0.2, 0.25) is 0 Å². The molecule has 0 radical (unpaired) electrons. The number of nitro benzene ring substituents is 1. The van der Waals surface area contributed by atoms with Crippen molar-refractivity contribution in [2.24, 2.45) is 0 Å². The Hall–Kier alpha value is -1.14. The number of hydrogen-bond acceptors (Lipinski definition) is 4. The van der Waals surface area contributed by atoms with E-state index in [1.165, 1.54) is 12.1 Å². The quantitative estimate of drug-likeness (QED) is 0.452. The van der Waals surface area contributed by atoms with E-state index in [2.05, 4.69) is 19.2 Å². The number of rotatable bonds is 8. The Labute approximate surface area is 116 Å². The highest BCUT2D eigenvalue weighted by molar-refractivity contribution is 7.99. The van der Waals surface area contributed by atoms with Crippen LogP contribution in [0.4, 0.5) is 10.1 Å². The van der Waals surface area contributed by atoms with E-state index in [0.717, 1.165) is 24.0 Å². The second-order valence-corrected chi connectivity index (χ2v) is 5.74. The van der Waals surface area contributed by atoms with Crippen molar-refractivity contribution in [2.45, 2.75) is 32.9 Å². The second kappa shape index (κ2) is 8.12. The molecular weight excluding hydrogens is 267 g/mol. The van der Waals surface area contributed by atoms with E-state index in [1.54, 1.807) is 0 Å². The van der Waals surface area contributed by atoms with Crippen LogP contribution in [-0.2, 0) is 6.54 Å². The van der Waals surface area contributed by atoms with Crippen LogP contribution in [-0.4, -0.2) is 22.5 Å². The van der Waals surface area contributed by atoms with E-state index in [4.69, 9.17) is 0 Å². The van der Waals surface area contributed by atoms with E-state index in [1.807, 2.05) is 11.8 Å². The number of nitro groups is 1. The Bertz CT molecular complexity index is 429. The van der Waals surface area contributed by atoms with Gasteiger partial charge in [-0.1, -0.05) is 6.92 Å². The maximum atomic E-state index is 13.2. The Morgan fingerprint density at radius 1 is 1.47 bits per heavy atom. The van der Waals surface area contributed by atoms with Gasteiger partial charge in [0.15, 0.2) is 0 Å². The molecule has 0 fully saturated rings. The van der Waals surface area contributed by atoms with E-state index >= 15 is 0 Å². The van der Waals surface area contributed by atoms with Gasteiger partial charge in [0, 0.05) is 18.7 Å². The number of nitrogens with one attached hydrogen (secondary N) is 1. The highest BCUT2D eigenvalue weighted by atomic mass is 32.2. The van der Waals surface area contributed by atoms with Crippen molar-refractivity contribution < 1.29 is 9.31 Å². The fourth-order valence-electron chi connectivity index (χ4n) is 1.64. The molecule has 1 atom stereocenters. The number of benzene rings is 1. The monoisotopic (exact) mass is 286 g/mol. The minimum atomic E-state index is -0.575. The fourth-order valence-corrected chi connectivity index (χ4v) is 2.45. The predicted molar refractivity (Wildman–Crippen MR) is 77.0 cm³/mol. The molecule has 0 aromatic heterocycles. The number of hydrogen-bond donors (Lipinski definition) is 1. The summed E-state index contributed by atoms with van der Waals surface area (Å²) in [6.45, 7) is 4.62. The van der Waals surface area contributed by atoms with Gasteiger partial charge in [0.2, 0.25) is 0 Å². The Balaban J connectivity index is 2.50. The summed E-state index contributed by atoms with van der Waals surface area (Å²) in [4.78, 5) is 10.1. The van der Waals surface area contributed by atoms with Gasteiger partial charge in [0.05, 0.1) is 11.0 Å². The molecule has 0 saturated carbocycles. The zero-order chi connectivity index (χ0) is 14.3. The molecule has 1 aromatic carbocycles. The minimum Gasteiger partial charge on any atom is -0.310 e. The van der Waals surface area contributed by atoms with Gasteiger partial charge in [0.25, 0.3) is 5.69 Å². The first-order valence-electron chi connectivity index (χ1n) is 6.28. The zero-order valence-electron chi connectivity index (χ0n) is 11.2. The van der Waals surface area contributed by atoms with Crippen LogP contribution >= 0.6 is 11.8 Å². The van der Waals surface area contributed by atoms with E-state index in [0.29, 0.717) is 18.2 Å². The summed E-state index contributed by atoms with van der Waals surface area (Å²) < 4.78 is 13.2. The number of non-ortho nitro benzene ring substituents is 1. The third kappa shape index (κ3) is 6.02. The highest BCUT2D eigenvalue weighted by Crippen LogP contribution is 2.16. The van der Waals surface area contributed by atoms with Gasteiger partial charge in [-0.2, -0.15) is 11.8 Å². The van der Waals surface area contributed by atoms with Crippen LogP contribution in [0.1, 0.15) is 25.8 Å². The van der Waals surface area contributed by atoms with E-state index in [-0.39, 0.29) is 5.69 Å². The molecular formula is C13H19FN2O2S. The SMILES string of the molecule is CCSCCC(C)NCc1cc(F)cc([N+](=O)[O-])c1. The third-order valence-electron chi connectivity index (χ3n) is 2.71. The van der Waals surface area contributed by atoms with Crippen LogP contribution in [0, 0.1) is 15.9 Å². The Morgan fingerprint density at radius 3 is 2.84 bits per heavy atom. The molecule has 1 N–H and O–H groups in total. The summed E-state index contributed by atoms with van der Waals surface area (Å²) in [5.41, 5.74) is 0.396. The summed E-state index contributed by atoms with van der Waals surface area (Å²) in [7, 11) is 0. The summed E-state index contributed by atoms with van der Waals surface area (Å²) in [5, 5.41) is 13.9. The lowest BCUT2D eigenvalue weighted by Crippen LogP contribution is -2.26. The van der Waals surface area contributed by atoms with Crippen molar-refractivity contribution in [1.29, 1.82) is 0 Å². The fraction of sp³-hybridized carbons (Fsp3) is 0.538. The Morgan fingerprint density at radius 2 is 2.21 bits per heavy atom. The second-order valence-electron chi connectivity index (χ2n) is 4.34. The first-order valence-corrected chi connectivity index (χ1v) is 7.43. The van der Waals surface area contributed by atoms with Gasteiger partial charge in [-0.25, -0.2) is 4.39 Å². The van der Waals surface area contributed by atoms with Crippen molar-refractivity contribution in [3.63, 3.8) is 0 Å². The molecule has 0 aliphatic heterocycles. The van der Waals surface area contributed by atoms with Crippen LogP contribution in [0.15, 0.2) is 18.2 Å². The maximum absolute atomic E-state index is 13.2. The smallest absolute Gasteiger partial charge is 0.272 e. The van der Waals surface area contributed by atoms with Gasteiger partial charge in [-0.05, 0) is 36.5 Å². The van der Waals surface area contributed by atoms with Gasteiger partial charge >= 0.3 is 0 Å². The van der Waals surface area contributed by atoms with Crippen molar-refractivity contribution in [1.82, 2.24) is 5.32 Å². The number of halogens is 1.